The van der Waals surface area contributed by atoms with Gasteiger partial charge in [-0.25, -0.2) is 0 Å². The summed E-state index contributed by atoms with van der Waals surface area (Å²) in [5.41, 5.74) is 0. The molecule has 5 unspecified atom stereocenters. The Kier molecular flexibility index (Phi) is 9.42. The molecule has 0 bridgehead atoms. The van der Waals surface area contributed by atoms with Crippen molar-refractivity contribution in [2.24, 2.45) is 23.7 Å². The lowest BCUT2D eigenvalue weighted by Crippen LogP contribution is -2.44. The van der Waals surface area contributed by atoms with Gasteiger partial charge in [0.2, 0.25) is 0 Å². The van der Waals surface area contributed by atoms with Gasteiger partial charge in [0, 0.05) is 11.3 Å². The molecule has 2 N–H and O–H groups in total. The van der Waals surface area contributed by atoms with Crippen LogP contribution in [-0.4, -0.2) is 29.0 Å². The Hall–Kier alpha value is 0.270. The average Bonchev–Trinajstić information content (AvgIpc) is 2.49. The first-order valence-corrected chi connectivity index (χ1v) is 9.94. The monoisotopic (exact) mass is 329 g/mol. The molecule has 1 rings (SSSR count). The number of nitrogens with one attached hydrogen (secondary N) is 1. The molecule has 2 nitrogen and oxygen atoms in total. The fourth-order valence-electron chi connectivity index (χ4n) is 3.93. The van der Waals surface area contributed by atoms with Crippen LogP contribution in [-0.2, 0) is 0 Å². The summed E-state index contributed by atoms with van der Waals surface area (Å²) in [6, 6.07) is 0.408. The number of rotatable bonds is 9. The summed E-state index contributed by atoms with van der Waals surface area (Å²) in [7, 11) is 0. The van der Waals surface area contributed by atoms with Crippen LogP contribution >= 0.6 is 12.6 Å². The van der Waals surface area contributed by atoms with Crippen molar-refractivity contribution in [3.63, 3.8) is 0 Å². The third kappa shape index (κ3) is 6.80. The molecule has 0 aromatic carbocycles. The summed E-state index contributed by atoms with van der Waals surface area (Å²) >= 11 is 4.69. The molecule has 0 spiro atoms. The average molecular weight is 330 g/mol. The van der Waals surface area contributed by atoms with Gasteiger partial charge in [-0.05, 0) is 50.5 Å². The molecular formula is C19H39NOS. The predicted octanol–water partition coefficient (Wildman–Crippen LogP) is 4.52. The summed E-state index contributed by atoms with van der Waals surface area (Å²) in [6.45, 7) is 12.1. The fraction of sp³-hybridized carbons (Fsp3) is 1.00. The van der Waals surface area contributed by atoms with Gasteiger partial charge in [-0.1, -0.05) is 52.9 Å². The SMILES string of the molecule is CC(C)CC(C(C)NCC(C)C1CCCCC1)C(S)C(C)O. The first kappa shape index (κ1) is 20.3. The van der Waals surface area contributed by atoms with Crippen molar-refractivity contribution in [1.29, 1.82) is 0 Å². The van der Waals surface area contributed by atoms with Gasteiger partial charge >= 0.3 is 0 Å². The highest BCUT2D eigenvalue weighted by Gasteiger charge is 2.29. The third-order valence-corrected chi connectivity index (χ3v) is 6.35. The van der Waals surface area contributed by atoms with Gasteiger partial charge in [0.25, 0.3) is 0 Å². The van der Waals surface area contributed by atoms with Crippen molar-refractivity contribution in [2.45, 2.75) is 90.5 Å². The fourth-order valence-corrected chi connectivity index (χ4v) is 4.31. The van der Waals surface area contributed by atoms with Crippen molar-refractivity contribution in [1.82, 2.24) is 5.32 Å². The molecule has 3 heteroatoms. The molecule has 1 saturated carbocycles. The topological polar surface area (TPSA) is 32.3 Å². The maximum atomic E-state index is 9.93. The Morgan fingerprint density at radius 1 is 1.05 bits per heavy atom. The molecule has 0 aliphatic heterocycles. The summed E-state index contributed by atoms with van der Waals surface area (Å²) < 4.78 is 0. The molecule has 0 aromatic heterocycles. The summed E-state index contributed by atoms with van der Waals surface area (Å²) in [5, 5.41) is 13.7. The van der Waals surface area contributed by atoms with Crippen molar-refractivity contribution >= 4 is 12.6 Å². The van der Waals surface area contributed by atoms with E-state index in [1.165, 1.54) is 32.1 Å². The lowest BCUT2D eigenvalue weighted by atomic mass is 9.80. The molecule has 1 fully saturated rings. The highest BCUT2D eigenvalue weighted by atomic mass is 32.1. The van der Waals surface area contributed by atoms with Gasteiger partial charge in [0.1, 0.15) is 0 Å². The minimum absolute atomic E-state index is 0.0508. The quantitative estimate of drug-likeness (QED) is 0.543. The molecule has 5 atom stereocenters. The van der Waals surface area contributed by atoms with E-state index >= 15 is 0 Å². The van der Waals surface area contributed by atoms with Crippen LogP contribution in [0.3, 0.4) is 0 Å². The zero-order valence-corrected chi connectivity index (χ0v) is 16.3. The van der Waals surface area contributed by atoms with Gasteiger partial charge < -0.3 is 10.4 Å². The number of hydrogen-bond acceptors (Lipinski definition) is 3. The summed E-state index contributed by atoms with van der Waals surface area (Å²) in [5.74, 6) is 2.72. The molecule has 0 saturated heterocycles. The van der Waals surface area contributed by atoms with Gasteiger partial charge in [-0.3, -0.25) is 0 Å². The van der Waals surface area contributed by atoms with E-state index in [0.29, 0.717) is 17.9 Å². The molecule has 0 radical (unpaired) electrons. The predicted molar refractivity (Wildman–Crippen MR) is 101 cm³/mol. The Morgan fingerprint density at radius 3 is 2.14 bits per heavy atom. The maximum Gasteiger partial charge on any atom is 0.0631 e. The number of thiol groups is 1. The first-order valence-electron chi connectivity index (χ1n) is 9.42. The second-order valence-corrected chi connectivity index (χ2v) is 8.69. The van der Waals surface area contributed by atoms with Gasteiger partial charge in [-0.2, -0.15) is 12.6 Å². The van der Waals surface area contributed by atoms with Crippen LogP contribution in [0.15, 0.2) is 0 Å². The van der Waals surface area contributed by atoms with Crippen molar-refractivity contribution in [3.05, 3.63) is 0 Å². The van der Waals surface area contributed by atoms with E-state index in [9.17, 15) is 5.11 Å². The van der Waals surface area contributed by atoms with Crippen LogP contribution in [0.2, 0.25) is 0 Å². The highest BCUT2D eigenvalue weighted by molar-refractivity contribution is 7.81. The van der Waals surface area contributed by atoms with Crippen LogP contribution in [0.25, 0.3) is 0 Å². The van der Waals surface area contributed by atoms with E-state index in [2.05, 4.69) is 33.0 Å². The summed E-state index contributed by atoms with van der Waals surface area (Å²) in [6.07, 6.45) is 7.85. The van der Waals surface area contributed by atoms with Crippen molar-refractivity contribution < 1.29 is 5.11 Å². The molecule has 132 valence electrons. The Morgan fingerprint density at radius 2 is 1.64 bits per heavy atom. The first-order chi connectivity index (χ1) is 10.3. The molecule has 0 aromatic rings. The molecule has 22 heavy (non-hydrogen) atoms. The van der Waals surface area contributed by atoms with Crippen LogP contribution in [0.4, 0.5) is 0 Å². The van der Waals surface area contributed by atoms with Gasteiger partial charge in [-0.15, -0.1) is 0 Å². The van der Waals surface area contributed by atoms with Crippen LogP contribution in [0.5, 0.6) is 0 Å². The normalized spacial score (nSPS) is 24.0. The van der Waals surface area contributed by atoms with E-state index in [1.807, 2.05) is 6.92 Å². The minimum Gasteiger partial charge on any atom is -0.392 e. The van der Waals surface area contributed by atoms with E-state index < -0.39 is 0 Å². The molecule has 0 amide bonds. The number of aliphatic hydroxyl groups excluding tert-OH is 1. The standard InChI is InChI=1S/C19H39NOS/c1-13(2)11-18(19(22)16(5)21)15(4)20-12-14(3)17-9-7-6-8-10-17/h13-22H,6-12H2,1-5H3. The number of hydrogen-bond donors (Lipinski definition) is 3. The highest BCUT2D eigenvalue weighted by Crippen LogP contribution is 2.30. The Balaban J connectivity index is 2.49. The van der Waals surface area contributed by atoms with E-state index in [1.54, 1.807) is 0 Å². The van der Waals surface area contributed by atoms with E-state index in [0.717, 1.165) is 24.8 Å². The van der Waals surface area contributed by atoms with Gasteiger partial charge in [0.05, 0.1) is 6.10 Å². The second-order valence-electron chi connectivity index (χ2n) is 8.10. The minimum atomic E-state index is -0.355. The van der Waals surface area contributed by atoms with Crippen LogP contribution in [0.1, 0.15) is 73.1 Å². The van der Waals surface area contributed by atoms with Crippen LogP contribution in [0, 0.1) is 23.7 Å². The summed E-state index contributed by atoms with van der Waals surface area (Å²) in [4.78, 5) is 0. The van der Waals surface area contributed by atoms with E-state index in [-0.39, 0.29) is 11.4 Å². The van der Waals surface area contributed by atoms with Gasteiger partial charge in [0.15, 0.2) is 0 Å². The molecule has 1 aliphatic rings. The zero-order chi connectivity index (χ0) is 16.7. The third-order valence-electron chi connectivity index (χ3n) is 5.54. The van der Waals surface area contributed by atoms with E-state index in [4.69, 9.17) is 12.6 Å². The van der Waals surface area contributed by atoms with Crippen LogP contribution < -0.4 is 5.32 Å². The van der Waals surface area contributed by atoms with Crippen molar-refractivity contribution in [3.8, 4) is 0 Å². The Labute approximate surface area is 144 Å². The largest absolute Gasteiger partial charge is 0.392 e. The maximum absolute atomic E-state index is 9.93. The molecule has 1 aliphatic carbocycles. The molecule has 0 heterocycles. The second kappa shape index (κ2) is 10.2. The van der Waals surface area contributed by atoms with Crippen molar-refractivity contribution in [2.75, 3.05) is 6.54 Å². The smallest absolute Gasteiger partial charge is 0.0631 e. The molecular weight excluding hydrogens is 290 g/mol. The Bertz CT molecular complexity index is 289. The lowest BCUT2D eigenvalue weighted by molar-refractivity contribution is 0.145. The number of aliphatic hydroxyl groups is 1. The lowest BCUT2D eigenvalue weighted by Gasteiger charge is -2.34. The zero-order valence-electron chi connectivity index (χ0n) is 15.4.